The number of benzene rings is 2. The van der Waals surface area contributed by atoms with E-state index >= 15 is 0 Å². The van der Waals surface area contributed by atoms with Crippen LogP contribution in [0.25, 0.3) is 39.3 Å². The number of aliphatic hydroxyl groups excluding tert-OH is 1. The van der Waals surface area contributed by atoms with Gasteiger partial charge in [0.25, 0.3) is 0 Å². The summed E-state index contributed by atoms with van der Waals surface area (Å²) in [7, 11) is 0. The Kier molecular flexibility index (Phi) is 5.88. The number of fused-ring (bicyclic) bond motifs is 3. The molecule has 2 aromatic carbocycles. The van der Waals surface area contributed by atoms with Crippen molar-refractivity contribution in [1.82, 2.24) is 24.6 Å². The van der Waals surface area contributed by atoms with Gasteiger partial charge in [-0.15, -0.1) is 10.2 Å². The zero-order valence-electron chi connectivity index (χ0n) is 20.4. The second-order valence-electron chi connectivity index (χ2n) is 9.94. The lowest BCUT2D eigenvalue weighted by Crippen LogP contribution is -2.49. The summed E-state index contributed by atoms with van der Waals surface area (Å²) in [4.78, 5) is 9.86. The Morgan fingerprint density at radius 2 is 1.58 bits per heavy atom. The minimum atomic E-state index is -4.31. The number of pyridine rings is 1. The molecule has 0 radical (unpaired) electrons. The Morgan fingerprint density at radius 1 is 0.895 bits per heavy atom. The Bertz CT molecular complexity index is 1610. The largest absolute Gasteiger partial charge is 0.396 e. The molecule has 1 aliphatic rings. The number of nitrogens with zero attached hydrogens (tertiary/aromatic N) is 5. The van der Waals surface area contributed by atoms with E-state index in [9.17, 15) is 18.3 Å². The number of hydrogen-bond acceptors (Lipinski definition) is 6. The van der Waals surface area contributed by atoms with Crippen LogP contribution in [0.15, 0.2) is 66.7 Å². The monoisotopic (exact) mass is 518 g/mol. The summed E-state index contributed by atoms with van der Waals surface area (Å²) in [6, 6.07) is 20.9. The van der Waals surface area contributed by atoms with Gasteiger partial charge in [0.05, 0.1) is 17.8 Å². The van der Waals surface area contributed by atoms with Crippen LogP contribution >= 0.6 is 0 Å². The van der Waals surface area contributed by atoms with E-state index in [2.05, 4.69) is 10.2 Å². The Hall–Kier alpha value is -3.89. The van der Waals surface area contributed by atoms with Crippen molar-refractivity contribution in [2.24, 2.45) is 11.7 Å². The third-order valence-corrected chi connectivity index (χ3v) is 7.24. The van der Waals surface area contributed by atoms with Crippen molar-refractivity contribution < 1.29 is 18.3 Å². The summed E-state index contributed by atoms with van der Waals surface area (Å²) in [5.74, 6) is 0.412. The topological polar surface area (TPSA) is 102 Å². The van der Waals surface area contributed by atoms with E-state index in [1.165, 1.54) is 0 Å². The number of aliphatic hydroxyl groups is 1. The molecular weight excluding hydrogens is 493 g/mol. The lowest BCUT2D eigenvalue weighted by molar-refractivity contribution is -0.134. The highest BCUT2D eigenvalue weighted by atomic mass is 19.4. The van der Waals surface area contributed by atoms with Crippen molar-refractivity contribution in [2.45, 2.75) is 37.4 Å². The number of aromatic nitrogens is 5. The van der Waals surface area contributed by atoms with Gasteiger partial charge in [-0.25, -0.2) is 9.97 Å². The van der Waals surface area contributed by atoms with Gasteiger partial charge in [-0.05, 0) is 36.5 Å². The van der Waals surface area contributed by atoms with Crippen LogP contribution in [0, 0.1) is 5.92 Å². The molecule has 1 saturated carbocycles. The van der Waals surface area contributed by atoms with Crippen molar-refractivity contribution in [2.75, 3.05) is 6.61 Å². The molecule has 6 rings (SSSR count). The molecule has 1 fully saturated rings. The van der Waals surface area contributed by atoms with Crippen molar-refractivity contribution in [3.63, 3.8) is 0 Å². The Morgan fingerprint density at radius 3 is 2.26 bits per heavy atom. The number of hydrogen-bond donors (Lipinski definition) is 2. The maximum absolute atomic E-state index is 12.9. The van der Waals surface area contributed by atoms with Crippen LogP contribution < -0.4 is 5.73 Å². The van der Waals surface area contributed by atoms with Crippen molar-refractivity contribution in [1.29, 1.82) is 0 Å². The van der Waals surface area contributed by atoms with Gasteiger partial charge < -0.3 is 10.8 Å². The van der Waals surface area contributed by atoms with Crippen LogP contribution in [-0.4, -0.2) is 42.5 Å². The van der Waals surface area contributed by atoms with Crippen molar-refractivity contribution >= 4 is 16.8 Å². The Labute approximate surface area is 216 Å². The maximum Gasteiger partial charge on any atom is 0.389 e. The first kappa shape index (κ1) is 24.4. The lowest BCUT2D eigenvalue weighted by Gasteiger charge is -2.44. The minimum Gasteiger partial charge on any atom is -0.396 e. The molecule has 3 heterocycles. The first-order valence-electron chi connectivity index (χ1n) is 12.4. The van der Waals surface area contributed by atoms with E-state index in [-0.39, 0.29) is 24.8 Å². The second-order valence-corrected chi connectivity index (χ2v) is 9.94. The van der Waals surface area contributed by atoms with E-state index in [1.807, 2.05) is 54.6 Å². The fourth-order valence-electron chi connectivity index (χ4n) is 5.25. The summed E-state index contributed by atoms with van der Waals surface area (Å²) >= 11 is 0. The van der Waals surface area contributed by atoms with Gasteiger partial charge in [-0.1, -0.05) is 54.6 Å². The second kappa shape index (κ2) is 9.14. The predicted molar refractivity (Wildman–Crippen MR) is 137 cm³/mol. The molecule has 38 heavy (non-hydrogen) atoms. The van der Waals surface area contributed by atoms with Crippen LogP contribution in [0.3, 0.4) is 0 Å². The zero-order valence-corrected chi connectivity index (χ0v) is 20.4. The van der Waals surface area contributed by atoms with Gasteiger partial charge in [0.1, 0.15) is 11.3 Å². The average molecular weight is 519 g/mol. The zero-order chi connectivity index (χ0) is 26.5. The molecule has 3 aromatic heterocycles. The molecule has 5 aromatic rings. The van der Waals surface area contributed by atoms with Crippen molar-refractivity contribution in [3.05, 3.63) is 78.1 Å². The smallest absolute Gasteiger partial charge is 0.389 e. The van der Waals surface area contributed by atoms with Gasteiger partial charge in [0.15, 0.2) is 11.3 Å². The first-order valence-corrected chi connectivity index (χ1v) is 12.4. The highest BCUT2D eigenvalue weighted by molar-refractivity contribution is 5.86. The third kappa shape index (κ3) is 4.39. The summed E-state index contributed by atoms with van der Waals surface area (Å²) in [6.45, 7) is 0.141. The summed E-state index contributed by atoms with van der Waals surface area (Å²) < 4.78 is 40.4. The van der Waals surface area contributed by atoms with E-state index < -0.39 is 18.1 Å². The molecule has 7 nitrogen and oxygen atoms in total. The summed E-state index contributed by atoms with van der Waals surface area (Å²) in [5.41, 5.74) is 11.3. The summed E-state index contributed by atoms with van der Waals surface area (Å²) in [6.07, 6.45) is -4.15. The van der Waals surface area contributed by atoms with Crippen LogP contribution in [0.5, 0.6) is 0 Å². The molecular formula is C28H25F3N6O. The standard InChI is InChI=1S/C28H25F3N6O/c29-28(30,31)13-12-23-36-35-22-11-10-21-26(37(22)23)34-25(18-4-2-1-3-5-18)24(33-21)19-6-8-20(9-7-19)27(32)14-17(15-27)16-38/h1-11,17,38H,12-16,32H2. The third-order valence-electron chi connectivity index (χ3n) is 7.24. The van der Waals surface area contributed by atoms with E-state index in [1.54, 1.807) is 16.5 Å². The quantitative estimate of drug-likeness (QED) is 0.326. The Balaban J connectivity index is 1.48. The molecule has 0 unspecified atom stereocenters. The van der Waals surface area contributed by atoms with Gasteiger partial charge in [-0.3, -0.25) is 4.40 Å². The van der Waals surface area contributed by atoms with E-state index in [0.717, 1.165) is 29.5 Å². The molecule has 194 valence electrons. The molecule has 0 saturated heterocycles. The van der Waals surface area contributed by atoms with E-state index in [0.29, 0.717) is 28.2 Å². The molecule has 10 heteroatoms. The molecule has 0 amide bonds. The predicted octanol–water partition coefficient (Wildman–Crippen LogP) is 5.06. The molecule has 0 bridgehead atoms. The maximum atomic E-state index is 12.9. The van der Waals surface area contributed by atoms with Gasteiger partial charge >= 0.3 is 6.18 Å². The number of nitrogens with two attached hydrogens (primary N) is 1. The lowest BCUT2D eigenvalue weighted by atomic mass is 9.65. The van der Waals surface area contributed by atoms with Crippen LogP contribution in [0.2, 0.25) is 0 Å². The minimum absolute atomic E-state index is 0.141. The number of halogens is 3. The van der Waals surface area contributed by atoms with Crippen LogP contribution in [0.1, 0.15) is 30.7 Å². The fourth-order valence-corrected chi connectivity index (χ4v) is 5.25. The van der Waals surface area contributed by atoms with Gasteiger partial charge in [0, 0.05) is 29.7 Å². The highest BCUT2D eigenvalue weighted by Gasteiger charge is 2.41. The summed E-state index contributed by atoms with van der Waals surface area (Å²) in [5, 5.41) is 17.5. The number of rotatable bonds is 6. The fraction of sp³-hybridized carbons (Fsp3) is 0.286. The molecule has 1 aliphatic carbocycles. The molecule has 0 atom stereocenters. The van der Waals surface area contributed by atoms with E-state index in [4.69, 9.17) is 15.7 Å². The SMILES string of the molecule is NC1(c2ccc(-c3nc4ccc5nnc(CCC(F)(F)F)n5c4nc3-c3ccccc3)cc2)CC(CO)C1. The molecule has 0 aliphatic heterocycles. The molecule has 0 spiro atoms. The number of aryl methyl sites for hydroxylation is 1. The van der Waals surface area contributed by atoms with Crippen LogP contribution in [0.4, 0.5) is 13.2 Å². The highest BCUT2D eigenvalue weighted by Crippen LogP contribution is 2.44. The van der Waals surface area contributed by atoms with Crippen molar-refractivity contribution in [3.8, 4) is 22.5 Å². The first-order chi connectivity index (χ1) is 18.2. The normalized spacial score (nSPS) is 19.7. The molecule has 3 N–H and O–H groups in total. The average Bonchev–Trinajstić information content (AvgIpc) is 3.33. The van der Waals surface area contributed by atoms with Crippen LogP contribution in [-0.2, 0) is 12.0 Å². The number of alkyl halides is 3. The van der Waals surface area contributed by atoms with Gasteiger partial charge in [-0.2, -0.15) is 13.2 Å². The van der Waals surface area contributed by atoms with Gasteiger partial charge in [0.2, 0.25) is 0 Å².